The lowest BCUT2D eigenvalue weighted by Gasteiger charge is -2.00. The van der Waals surface area contributed by atoms with Gasteiger partial charge in [-0.05, 0) is 43.7 Å². The predicted molar refractivity (Wildman–Crippen MR) is 69.6 cm³/mol. The second-order valence-electron chi connectivity index (χ2n) is 3.78. The lowest BCUT2D eigenvalue weighted by atomic mass is 10.1. The first-order valence-electron chi connectivity index (χ1n) is 5.69. The molecule has 4 heteroatoms. The molecule has 90 valence electrons. The SMILES string of the molecule is CCc1nc(-c2ccc(F)cc2)c(CCN)s1. The third-order valence-electron chi connectivity index (χ3n) is 2.53. The van der Waals surface area contributed by atoms with Crippen LogP contribution in [-0.4, -0.2) is 11.5 Å². The van der Waals surface area contributed by atoms with Gasteiger partial charge in [0.05, 0.1) is 10.7 Å². The Bertz CT molecular complexity index is 491. The smallest absolute Gasteiger partial charge is 0.123 e. The van der Waals surface area contributed by atoms with Crippen LogP contribution < -0.4 is 5.73 Å². The van der Waals surface area contributed by atoms with E-state index in [1.54, 1.807) is 23.5 Å². The lowest BCUT2D eigenvalue weighted by molar-refractivity contribution is 0.628. The molecule has 1 heterocycles. The van der Waals surface area contributed by atoms with E-state index in [-0.39, 0.29) is 5.82 Å². The summed E-state index contributed by atoms with van der Waals surface area (Å²) >= 11 is 1.70. The van der Waals surface area contributed by atoms with E-state index >= 15 is 0 Å². The molecule has 0 aliphatic rings. The van der Waals surface area contributed by atoms with E-state index in [0.29, 0.717) is 6.54 Å². The Morgan fingerprint density at radius 2 is 2.00 bits per heavy atom. The summed E-state index contributed by atoms with van der Waals surface area (Å²) in [6.07, 6.45) is 1.74. The van der Waals surface area contributed by atoms with Gasteiger partial charge in [-0.15, -0.1) is 11.3 Å². The maximum absolute atomic E-state index is 12.9. The third-order valence-corrected chi connectivity index (χ3v) is 3.79. The second-order valence-corrected chi connectivity index (χ2v) is 4.95. The van der Waals surface area contributed by atoms with Crippen molar-refractivity contribution in [1.29, 1.82) is 0 Å². The summed E-state index contributed by atoms with van der Waals surface area (Å²) in [7, 11) is 0. The van der Waals surface area contributed by atoms with Crippen LogP contribution in [0.2, 0.25) is 0 Å². The van der Waals surface area contributed by atoms with Crippen LogP contribution in [0.4, 0.5) is 4.39 Å². The zero-order chi connectivity index (χ0) is 12.3. The third kappa shape index (κ3) is 2.70. The number of nitrogens with zero attached hydrogens (tertiary/aromatic N) is 1. The van der Waals surface area contributed by atoms with E-state index in [1.807, 2.05) is 0 Å². The van der Waals surface area contributed by atoms with Crippen LogP contribution in [0.5, 0.6) is 0 Å². The Morgan fingerprint density at radius 1 is 1.29 bits per heavy atom. The van der Waals surface area contributed by atoms with Gasteiger partial charge >= 0.3 is 0 Å². The van der Waals surface area contributed by atoms with Crippen LogP contribution in [0.1, 0.15) is 16.8 Å². The van der Waals surface area contributed by atoms with Crippen molar-refractivity contribution in [3.63, 3.8) is 0 Å². The summed E-state index contributed by atoms with van der Waals surface area (Å²) in [5, 5.41) is 1.10. The van der Waals surface area contributed by atoms with Gasteiger partial charge in [-0.1, -0.05) is 6.92 Å². The minimum atomic E-state index is -0.222. The van der Waals surface area contributed by atoms with Crippen LogP contribution in [0, 0.1) is 5.82 Å². The molecule has 0 saturated carbocycles. The van der Waals surface area contributed by atoms with Crippen molar-refractivity contribution in [3.8, 4) is 11.3 Å². The average Bonchev–Trinajstić information content (AvgIpc) is 2.74. The molecule has 0 fully saturated rings. The minimum absolute atomic E-state index is 0.222. The Balaban J connectivity index is 2.42. The molecule has 2 aromatic rings. The normalized spacial score (nSPS) is 10.8. The molecule has 0 bridgehead atoms. The number of hydrogen-bond acceptors (Lipinski definition) is 3. The molecule has 0 amide bonds. The first-order chi connectivity index (χ1) is 8.24. The van der Waals surface area contributed by atoms with Gasteiger partial charge in [-0.3, -0.25) is 0 Å². The van der Waals surface area contributed by atoms with E-state index in [2.05, 4.69) is 11.9 Å². The van der Waals surface area contributed by atoms with Crippen molar-refractivity contribution in [1.82, 2.24) is 4.98 Å². The summed E-state index contributed by atoms with van der Waals surface area (Å²) in [4.78, 5) is 5.78. The number of nitrogens with two attached hydrogens (primary N) is 1. The summed E-state index contributed by atoms with van der Waals surface area (Å²) in [6.45, 7) is 2.69. The number of halogens is 1. The molecular weight excluding hydrogens is 235 g/mol. The molecule has 2 rings (SSSR count). The molecule has 1 aromatic carbocycles. The van der Waals surface area contributed by atoms with E-state index in [4.69, 9.17) is 5.73 Å². The van der Waals surface area contributed by atoms with Crippen molar-refractivity contribution in [2.24, 2.45) is 5.73 Å². The molecule has 0 aliphatic carbocycles. The van der Waals surface area contributed by atoms with Crippen molar-refractivity contribution in [2.75, 3.05) is 6.54 Å². The zero-order valence-electron chi connectivity index (χ0n) is 9.74. The molecular formula is C13H15FN2S. The standard InChI is InChI=1S/C13H15FN2S/c1-2-12-16-13(11(17-12)7-8-15)9-3-5-10(14)6-4-9/h3-6H,2,7-8,15H2,1H3. The minimum Gasteiger partial charge on any atom is -0.330 e. The summed E-state index contributed by atoms with van der Waals surface area (Å²) < 4.78 is 12.9. The maximum atomic E-state index is 12.9. The fourth-order valence-electron chi connectivity index (χ4n) is 1.69. The highest BCUT2D eigenvalue weighted by molar-refractivity contribution is 7.12. The summed E-state index contributed by atoms with van der Waals surface area (Å²) in [5.74, 6) is -0.222. The van der Waals surface area contributed by atoms with Gasteiger partial charge in [0.15, 0.2) is 0 Å². The number of rotatable bonds is 4. The van der Waals surface area contributed by atoms with Gasteiger partial charge in [0.2, 0.25) is 0 Å². The van der Waals surface area contributed by atoms with E-state index in [0.717, 1.165) is 29.1 Å². The topological polar surface area (TPSA) is 38.9 Å². The fourth-order valence-corrected chi connectivity index (χ4v) is 2.73. The quantitative estimate of drug-likeness (QED) is 0.906. The Kier molecular flexibility index (Phi) is 3.86. The average molecular weight is 250 g/mol. The van der Waals surface area contributed by atoms with Crippen LogP contribution in [0.3, 0.4) is 0 Å². The number of aromatic nitrogens is 1. The van der Waals surface area contributed by atoms with Crippen molar-refractivity contribution < 1.29 is 4.39 Å². The molecule has 0 spiro atoms. The van der Waals surface area contributed by atoms with Gasteiger partial charge in [0, 0.05) is 10.4 Å². The molecule has 2 N–H and O–H groups in total. The second kappa shape index (κ2) is 5.38. The van der Waals surface area contributed by atoms with Gasteiger partial charge in [-0.2, -0.15) is 0 Å². The van der Waals surface area contributed by atoms with E-state index < -0.39 is 0 Å². The molecule has 1 aromatic heterocycles. The first-order valence-corrected chi connectivity index (χ1v) is 6.50. The highest BCUT2D eigenvalue weighted by Gasteiger charge is 2.11. The van der Waals surface area contributed by atoms with Crippen LogP contribution in [0.25, 0.3) is 11.3 Å². The highest BCUT2D eigenvalue weighted by Crippen LogP contribution is 2.29. The maximum Gasteiger partial charge on any atom is 0.123 e. The van der Waals surface area contributed by atoms with Gasteiger partial charge < -0.3 is 5.73 Å². The van der Waals surface area contributed by atoms with Gasteiger partial charge in [0.1, 0.15) is 5.82 Å². The van der Waals surface area contributed by atoms with Crippen LogP contribution in [-0.2, 0) is 12.8 Å². The van der Waals surface area contributed by atoms with Crippen molar-refractivity contribution >= 4 is 11.3 Å². The van der Waals surface area contributed by atoms with Crippen LogP contribution >= 0.6 is 11.3 Å². The van der Waals surface area contributed by atoms with Crippen LogP contribution in [0.15, 0.2) is 24.3 Å². The number of thiazole rings is 1. The number of benzene rings is 1. The number of aryl methyl sites for hydroxylation is 1. The van der Waals surface area contributed by atoms with Crippen molar-refractivity contribution in [3.05, 3.63) is 40.0 Å². The fraction of sp³-hybridized carbons (Fsp3) is 0.308. The van der Waals surface area contributed by atoms with E-state index in [1.165, 1.54) is 17.0 Å². The Labute approximate surface area is 104 Å². The van der Waals surface area contributed by atoms with Gasteiger partial charge in [0.25, 0.3) is 0 Å². The predicted octanol–water partition coefficient (Wildman–Crippen LogP) is 3.01. The largest absolute Gasteiger partial charge is 0.330 e. The zero-order valence-corrected chi connectivity index (χ0v) is 10.6. The first kappa shape index (κ1) is 12.2. The lowest BCUT2D eigenvalue weighted by Crippen LogP contribution is -2.02. The molecule has 0 radical (unpaired) electrons. The molecule has 0 saturated heterocycles. The number of hydrogen-bond donors (Lipinski definition) is 1. The molecule has 0 aliphatic heterocycles. The molecule has 0 unspecified atom stereocenters. The monoisotopic (exact) mass is 250 g/mol. The summed E-state index contributed by atoms with van der Waals surface area (Å²) in [5.41, 5.74) is 7.52. The Morgan fingerprint density at radius 3 is 2.59 bits per heavy atom. The Hall–Kier alpha value is -1.26. The molecule has 2 nitrogen and oxygen atoms in total. The summed E-state index contributed by atoms with van der Waals surface area (Å²) in [6, 6.07) is 6.47. The molecule has 0 atom stereocenters. The molecule has 17 heavy (non-hydrogen) atoms. The van der Waals surface area contributed by atoms with Gasteiger partial charge in [-0.25, -0.2) is 9.37 Å². The highest BCUT2D eigenvalue weighted by atomic mass is 32.1. The van der Waals surface area contributed by atoms with Crippen molar-refractivity contribution in [2.45, 2.75) is 19.8 Å². The van der Waals surface area contributed by atoms with E-state index in [9.17, 15) is 4.39 Å².